The minimum atomic E-state index is -0.116. The maximum atomic E-state index is 12.6. The molecule has 1 N–H and O–H groups in total. The second kappa shape index (κ2) is 7.10. The number of hydrogen-bond donors (Lipinski definition) is 1. The molecule has 1 atom stereocenters. The molecule has 0 amide bonds. The Labute approximate surface area is 162 Å². The highest BCUT2D eigenvalue weighted by atomic mass is 16.5. The molecule has 5 rings (SSSR count). The molecule has 8 nitrogen and oxygen atoms in total. The fourth-order valence-electron chi connectivity index (χ4n) is 4.18. The molecule has 0 unspecified atom stereocenters. The Kier molecular flexibility index (Phi) is 4.44. The number of nitrogens with zero attached hydrogens (tertiary/aromatic N) is 5. The number of rotatable bonds is 4. The van der Waals surface area contributed by atoms with Gasteiger partial charge in [0.2, 0.25) is 0 Å². The van der Waals surface area contributed by atoms with Gasteiger partial charge in [0, 0.05) is 44.6 Å². The fraction of sp³-hybridized carbons (Fsp3) is 0.500. The van der Waals surface area contributed by atoms with Crippen LogP contribution >= 0.6 is 0 Å². The first-order chi connectivity index (χ1) is 13.7. The average Bonchev–Trinajstić information content (AvgIpc) is 3.13. The van der Waals surface area contributed by atoms with Crippen LogP contribution in [0.3, 0.4) is 0 Å². The molecule has 2 saturated heterocycles. The minimum Gasteiger partial charge on any atom is -0.381 e. The van der Waals surface area contributed by atoms with Crippen LogP contribution in [0.25, 0.3) is 11.0 Å². The molecular weight excluding hydrogens is 356 g/mol. The quantitative estimate of drug-likeness (QED) is 0.745. The van der Waals surface area contributed by atoms with E-state index in [0.29, 0.717) is 22.8 Å². The summed E-state index contributed by atoms with van der Waals surface area (Å²) in [5.74, 6) is 1.19. The van der Waals surface area contributed by atoms with Gasteiger partial charge in [0.1, 0.15) is 11.2 Å². The van der Waals surface area contributed by atoms with Crippen molar-refractivity contribution < 1.29 is 4.74 Å². The lowest BCUT2D eigenvalue weighted by atomic mass is 9.91. The van der Waals surface area contributed by atoms with Crippen molar-refractivity contribution in [3.05, 3.63) is 52.5 Å². The summed E-state index contributed by atoms with van der Waals surface area (Å²) >= 11 is 0. The first kappa shape index (κ1) is 17.5. The molecule has 2 aliphatic rings. The van der Waals surface area contributed by atoms with Gasteiger partial charge in [-0.2, -0.15) is 5.10 Å². The van der Waals surface area contributed by atoms with Gasteiger partial charge in [-0.3, -0.25) is 14.7 Å². The van der Waals surface area contributed by atoms with E-state index >= 15 is 0 Å². The van der Waals surface area contributed by atoms with E-state index < -0.39 is 0 Å². The third-order valence-electron chi connectivity index (χ3n) is 6.03. The zero-order valence-corrected chi connectivity index (χ0v) is 15.9. The van der Waals surface area contributed by atoms with Crippen LogP contribution in [0.4, 0.5) is 0 Å². The van der Waals surface area contributed by atoms with E-state index in [4.69, 9.17) is 9.72 Å². The fourth-order valence-corrected chi connectivity index (χ4v) is 4.18. The van der Waals surface area contributed by atoms with Gasteiger partial charge in [0.25, 0.3) is 5.56 Å². The van der Waals surface area contributed by atoms with E-state index in [1.807, 2.05) is 16.9 Å². The highest BCUT2D eigenvalue weighted by molar-refractivity contribution is 5.73. The molecule has 0 aliphatic carbocycles. The zero-order chi connectivity index (χ0) is 19.1. The van der Waals surface area contributed by atoms with Crippen molar-refractivity contribution in [3.8, 4) is 0 Å². The standard InChI is InChI=1S/C20H24N6O2/c1-13(25-11-15(12-25)14-3-2-6-21-9-14)18-23-19-17(20(27)24-18)10-22-26(19)16-4-7-28-8-5-16/h2-3,6,9-10,13,15-16H,4-5,7-8,11-12H2,1H3,(H,23,24,27)/t13-/m1/s1. The van der Waals surface area contributed by atoms with Gasteiger partial charge in [0.05, 0.1) is 18.3 Å². The molecule has 3 aromatic heterocycles. The summed E-state index contributed by atoms with van der Waals surface area (Å²) in [6, 6.07) is 4.38. The molecule has 3 aromatic rings. The van der Waals surface area contributed by atoms with E-state index in [9.17, 15) is 4.79 Å². The Bertz CT molecular complexity index is 1020. The second-order valence-corrected chi connectivity index (χ2v) is 7.73. The number of aromatic amines is 1. The molecule has 0 aromatic carbocycles. The van der Waals surface area contributed by atoms with Gasteiger partial charge in [-0.1, -0.05) is 6.07 Å². The van der Waals surface area contributed by atoms with Crippen LogP contribution in [0.5, 0.6) is 0 Å². The van der Waals surface area contributed by atoms with Crippen molar-refractivity contribution >= 4 is 11.0 Å². The third kappa shape index (κ3) is 3.02. The van der Waals surface area contributed by atoms with E-state index in [2.05, 4.69) is 33.0 Å². The molecule has 28 heavy (non-hydrogen) atoms. The van der Waals surface area contributed by atoms with E-state index in [-0.39, 0.29) is 17.6 Å². The zero-order valence-electron chi connectivity index (χ0n) is 15.9. The third-order valence-corrected chi connectivity index (χ3v) is 6.03. The maximum Gasteiger partial charge on any atom is 0.262 e. The number of hydrogen-bond acceptors (Lipinski definition) is 6. The molecule has 0 radical (unpaired) electrons. The van der Waals surface area contributed by atoms with Crippen molar-refractivity contribution in [2.24, 2.45) is 0 Å². The predicted molar refractivity (Wildman–Crippen MR) is 104 cm³/mol. The van der Waals surface area contributed by atoms with Gasteiger partial charge >= 0.3 is 0 Å². The molecule has 2 aliphatic heterocycles. The van der Waals surface area contributed by atoms with Crippen LogP contribution in [-0.4, -0.2) is 55.9 Å². The Morgan fingerprint density at radius 1 is 1.25 bits per heavy atom. The molecule has 8 heteroatoms. The summed E-state index contributed by atoms with van der Waals surface area (Å²) in [7, 11) is 0. The lowest BCUT2D eigenvalue weighted by Crippen LogP contribution is -2.46. The van der Waals surface area contributed by atoms with Crippen molar-refractivity contribution in [1.82, 2.24) is 29.6 Å². The summed E-state index contributed by atoms with van der Waals surface area (Å²) in [6.45, 7) is 5.42. The number of fused-ring (bicyclic) bond motifs is 1. The number of nitrogens with one attached hydrogen (secondary N) is 1. The molecule has 2 fully saturated rings. The van der Waals surface area contributed by atoms with Crippen molar-refractivity contribution in [2.45, 2.75) is 37.8 Å². The van der Waals surface area contributed by atoms with Gasteiger partial charge in [-0.05, 0) is 31.4 Å². The van der Waals surface area contributed by atoms with Crippen LogP contribution in [-0.2, 0) is 4.74 Å². The lowest BCUT2D eigenvalue weighted by molar-refractivity contribution is 0.0672. The Morgan fingerprint density at radius 2 is 2.07 bits per heavy atom. The van der Waals surface area contributed by atoms with E-state index in [1.54, 1.807) is 12.4 Å². The first-order valence-electron chi connectivity index (χ1n) is 9.90. The number of aromatic nitrogens is 5. The van der Waals surface area contributed by atoms with Gasteiger partial charge in [-0.15, -0.1) is 0 Å². The summed E-state index contributed by atoms with van der Waals surface area (Å²) in [6.07, 6.45) is 7.16. The average molecular weight is 380 g/mol. The van der Waals surface area contributed by atoms with Crippen LogP contribution in [0, 0.1) is 0 Å². The molecule has 146 valence electrons. The molecule has 5 heterocycles. The summed E-state index contributed by atoms with van der Waals surface area (Å²) < 4.78 is 7.37. The Hall–Kier alpha value is -2.58. The SMILES string of the molecule is C[C@H](c1nc2c(cnn2C2CCOCC2)c(=O)[nH]1)N1CC(c2cccnc2)C1. The van der Waals surface area contributed by atoms with Crippen molar-refractivity contribution in [1.29, 1.82) is 0 Å². The number of pyridine rings is 1. The topological polar surface area (TPSA) is 88.9 Å². The van der Waals surface area contributed by atoms with Gasteiger partial charge in [-0.25, -0.2) is 9.67 Å². The lowest BCUT2D eigenvalue weighted by Gasteiger charge is -2.42. The van der Waals surface area contributed by atoms with Gasteiger partial charge in [0.15, 0.2) is 5.65 Å². The van der Waals surface area contributed by atoms with Gasteiger partial charge < -0.3 is 9.72 Å². The molecule has 0 bridgehead atoms. The van der Waals surface area contributed by atoms with Crippen molar-refractivity contribution in [3.63, 3.8) is 0 Å². The Balaban J connectivity index is 1.39. The molecular formula is C20H24N6O2. The number of H-pyrrole nitrogens is 1. The summed E-state index contributed by atoms with van der Waals surface area (Å²) in [5, 5.41) is 5.02. The van der Waals surface area contributed by atoms with Crippen LogP contribution in [0.2, 0.25) is 0 Å². The normalized spacial score (nSPS) is 20.3. The number of likely N-dealkylation sites (tertiary alicyclic amines) is 1. The largest absolute Gasteiger partial charge is 0.381 e. The number of ether oxygens (including phenoxy) is 1. The highest BCUT2D eigenvalue weighted by Crippen LogP contribution is 2.33. The summed E-state index contributed by atoms with van der Waals surface area (Å²) in [5.41, 5.74) is 1.83. The highest BCUT2D eigenvalue weighted by Gasteiger charge is 2.33. The maximum absolute atomic E-state index is 12.6. The minimum absolute atomic E-state index is 0.0445. The molecule has 0 saturated carbocycles. The second-order valence-electron chi connectivity index (χ2n) is 7.73. The van der Waals surface area contributed by atoms with E-state index in [0.717, 1.165) is 39.1 Å². The Morgan fingerprint density at radius 3 is 2.82 bits per heavy atom. The smallest absolute Gasteiger partial charge is 0.262 e. The first-order valence-corrected chi connectivity index (χ1v) is 9.90. The molecule has 0 spiro atoms. The summed E-state index contributed by atoms with van der Waals surface area (Å²) in [4.78, 5) is 27.0. The van der Waals surface area contributed by atoms with Crippen LogP contribution < -0.4 is 5.56 Å². The predicted octanol–water partition coefficient (Wildman–Crippen LogP) is 2.03. The monoisotopic (exact) mass is 380 g/mol. The van der Waals surface area contributed by atoms with E-state index in [1.165, 1.54) is 5.56 Å². The van der Waals surface area contributed by atoms with Crippen LogP contribution in [0.1, 0.15) is 49.2 Å². The van der Waals surface area contributed by atoms with Crippen LogP contribution in [0.15, 0.2) is 35.5 Å². The van der Waals surface area contributed by atoms with Crippen molar-refractivity contribution in [2.75, 3.05) is 26.3 Å².